The van der Waals surface area contributed by atoms with E-state index in [-0.39, 0.29) is 0 Å². The smallest absolute Gasteiger partial charge is 0.0767 e. The van der Waals surface area contributed by atoms with Crippen molar-refractivity contribution >= 4 is 15.9 Å². The van der Waals surface area contributed by atoms with Crippen molar-refractivity contribution in [1.29, 1.82) is 0 Å². The summed E-state index contributed by atoms with van der Waals surface area (Å²) in [6, 6.07) is 0.624. The van der Waals surface area contributed by atoms with Crippen LogP contribution in [-0.4, -0.2) is 39.0 Å². The number of aryl methyl sites for hydroxylation is 2. The molecule has 1 aliphatic rings. The van der Waals surface area contributed by atoms with Gasteiger partial charge in [-0.25, -0.2) is 0 Å². The zero-order valence-electron chi connectivity index (χ0n) is 12.6. The first-order valence-corrected chi connectivity index (χ1v) is 8.59. The van der Waals surface area contributed by atoms with Crippen LogP contribution in [0, 0.1) is 0 Å². The van der Waals surface area contributed by atoms with Crippen LogP contribution in [0.2, 0.25) is 0 Å². The fraction of sp³-hybridized carbons (Fsp3) is 0.800. The van der Waals surface area contributed by atoms with Gasteiger partial charge in [0.05, 0.1) is 15.9 Å². The lowest BCUT2D eigenvalue weighted by atomic mass is 10.1. The molecule has 20 heavy (non-hydrogen) atoms. The van der Waals surface area contributed by atoms with Crippen LogP contribution >= 0.6 is 15.9 Å². The standard InChI is InChI=1S/C15H26BrN3O/c1-3-13-15(16)14(19(4-2)17-13)11-18-9-5-7-12(18)8-6-10-20/h12,20H,3-11H2,1-2H3. The van der Waals surface area contributed by atoms with E-state index < -0.39 is 0 Å². The van der Waals surface area contributed by atoms with E-state index in [4.69, 9.17) is 5.11 Å². The Morgan fingerprint density at radius 2 is 2.20 bits per heavy atom. The highest BCUT2D eigenvalue weighted by molar-refractivity contribution is 9.10. The maximum atomic E-state index is 9.02. The predicted molar refractivity (Wildman–Crippen MR) is 84.7 cm³/mol. The molecule has 0 saturated carbocycles. The largest absolute Gasteiger partial charge is 0.396 e. The number of hydrogen-bond donors (Lipinski definition) is 1. The molecule has 1 unspecified atom stereocenters. The number of halogens is 1. The summed E-state index contributed by atoms with van der Waals surface area (Å²) in [6.45, 7) is 7.66. The molecule has 4 nitrogen and oxygen atoms in total. The lowest BCUT2D eigenvalue weighted by Crippen LogP contribution is -2.30. The molecule has 1 aliphatic heterocycles. The molecule has 0 amide bonds. The summed E-state index contributed by atoms with van der Waals surface area (Å²) in [6.07, 6.45) is 5.52. The third-order valence-electron chi connectivity index (χ3n) is 4.24. The molecule has 114 valence electrons. The maximum absolute atomic E-state index is 9.02. The van der Waals surface area contributed by atoms with Gasteiger partial charge in [0.15, 0.2) is 0 Å². The van der Waals surface area contributed by atoms with Gasteiger partial charge in [0.1, 0.15) is 0 Å². The molecule has 0 bridgehead atoms. The minimum absolute atomic E-state index is 0.306. The van der Waals surface area contributed by atoms with E-state index in [0.29, 0.717) is 12.6 Å². The molecule has 1 fully saturated rings. The van der Waals surface area contributed by atoms with E-state index in [1.54, 1.807) is 0 Å². The average Bonchev–Trinajstić information content (AvgIpc) is 3.02. The molecule has 0 radical (unpaired) electrons. The second-order valence-electron chi connectivity index (χ2n) is 5.51. The second kappa shape index (κ2) is 7.57. The van der Waals surface area contributed by atoms with E-state index in [0.717, 1.165) is 38.0 Å². The van der Waals surface area contributed by atoms with Crippen molar-refractivity contribution in [2.24, 2.45) is 0 Å². The normalized spacial score (nSPS) is 19.9. The maximum Gasteiger partial charge on any atom is 0.0767 e. The van der Waals surface area contributed by atoms with Crippen molar-refractivity contribution in [3.05, 3.63) is 15.9 Å². The van der Waals surface area contributed by atoms with Crippen molar-refractivity contribution in [1.82, 2.24) is 14.7 Å². The van der Waals surface area contributed by atoms with E-state index in [1.165, 1.54) is 29.6 Å². The summed E-state index contributed by atoms with van der Waals surface area (Å²) < 4.78 is 3.32. The number of aliphatic hydroxyl groups is 1. The van der Waals surface area contributed by atoms with Crippen LogP contribution in [0.25, 0.3) is 0 Å². The third kappa shape index (κ3) is 3.43. The van der Waals surface area contributed by atoms with Gasteiger partial charge in [0, 0.05) is 25.7 Å². The van der Waals surface area contributed by atoms with Crippen LogP contribution in [0.4, 0.5) is 0 Å². The first-order chi connectivity index (χ1) is 9.71. The van der Waals surface area contributed by atoms with Gasteiger partial charge in [-0.1, -0.05) is 6.92 Å². The molecule has 2 rings (SSSR count). The van der Waals surface area contributed by atoms with Crippen LogP contribution in [0.3, 0.4) is 0 Å². The summed E-state index contributed by atoms with van der Waals surface area (Å²) in [5, 5.41) is 13.7. The molecular formula is C15H26BrN3O. The first kappa shape index (κ1) is 16.0. The Hall–Kier alpha value is -0.390. The van der Waals surface area contributed by atoms with Gasteiger partial charge in [0.25, 0.3) is 0 Å². The average molecular weight is 344 g/mol. The topological polar surface area (TPSA) is 41.3 Å². The Balaban J connectivity index is 2.10. The summed E-state index contributed by atoms with van der Waals surface area (Å²) in [7, 11) is 0. The van der Waals surface area contributed by atoms with E-state index >= 15 is 0 Å². The molecule has 1 atom stereocenters. The molecule has 5 heteroatoms. The molecule has 1 aromatic heterocycles. The molecule has 0 spiro atoms. The molecule has 2 heterocycles. The number of nitrogens with zero attached hydrogens (tertiary/aromatic N) is 3. The van der Waals surface area contributed by atoms with E-state index in [9.17, 15) is 0 Å². The molecule has 1 saturated heterocycles. The summed E-state index contributed by atoms with van der Waals surface area (Å²) in [5.41, 5.74) is 2.47. The van der Waals surface area contributed by atoms with Crippen LogP contribution < -0.4 is 0 Å². The zero-order chi connectivity index (χ0) is 14.5. The Bertz CT molecular complexity index is 433. The third-order valence-corrected chi connectivity index (χ3v) is 5.16. The van der Waals surface area contributed by atoms with Crippen LogP contribution in [0.5, 0.6) is 0 Å². The van der Waals surface area contributed by atoms with Crippen LogP contribution in [0.15, 0.2) is 4.47 Å². The van der Waals surface area contributed by atoms with Crippen molar-refractivity contribution < 1.29 is 5.11 Å². The predicted octanol–water partition coefficient (Wildman–Crippen LogP) is 2.96. The van der Waals surface area contributed by atoms with Crippen molar-refractivity contribution in [3.63, 3.8) is 0 Å². The molecule has 1 N–H and O–H groups in total. The minimum Gasteiger partial charge on any atom is -0.396 e. The fourth-order valence-electron chi connectivity index (χ4n) is 3.12. The Morgan fingerprint density at radius 3 is 2.85 bits per heavy atom. The van der Waals surface area contributed by atoms with Crippen LogP contribution in [-0.2, 0) is 19.5 Å². The molecular weight excluding hydrogens is 318 g/mol. The number of hydrogen-bond acceptors (Lipinski definition) is 3. The number of aromatic nitrogens is 2. The Kier molecular flexibility index (Phi) is 6.05. The quantitative estimate of drug-likeness (QED) is 0.827. The van der Waals surface area contributed by atoms with Gasteiger partial charge in [-0.15, -0.1) is 0 Å². The summed E-state index contributed by atoms with van der Waals surface area (Å²) in [4.78, 5) is 2.56. The highest BCUT2D eigenvalue weighted by atomic mass is 79.9. The van der Waals surface area contributed by atoms with Gasteiger partial charge in [-0.3, -0.25) is 9.58 Å². The van der Waals surface area contributed by atoms with Gasteiger partial charge in [0.2, 0.25) is 0 Å². The first-order valence-electron chi connectivity index (χ1n) is 7.80. The fourth-order valence-corrected chi connectivity index (χ4v) is 3.81. The summed E-state index contributed by atoms with van der Waals surface area (Å²) in [5.74, 6) is 0. The molecule has 1 aromatic rings. The van der Waals surface area contributed by atoms with Gasteiger partial charge >= 0.3 is 0 Å². The molecule has 0 aromatic carbocycles. The Morgan fingerprint density at radius 1 is 1.40 bits per heavy atom. The number of rotatable bonds is 7. The molecule has 0 aliphatic carbocycles. The van der Waals surface area contributed by atoms with Gasteiger partial charge < -0.3 is 5.11 Å². The summed E-state index contributed by atoms with van der Waals surface area (Å²) >= 11 is 3.73. The zero-order valence-corrected chi connectivity index (χ0v) is 14.2. The Labute approximate surface area is 130 Å². The minimum atomic E-state index is 0.306. The van der Waals surface area contributed by atoms with Crippen molar-refractivity contribution in [3.8, 4) is 0 Å². The number of likely N-dealkylation sites (tertiary alicyclic amines) is 1. The van der Waals surface area contributed by atoms with E-state index in [1.807, 2.05) is 0 Å². The second-order valence-corrected chi connectivity index (χ2v) is 6.30. The highest BCUT2D eigenvalue weighted by Gasteiger charge is 2.26. The van der Waals surface area contributed by atoms with E-state index in [2.05, 4.69) is 44.5 Å². The van der Waals surface area contributed by atoms with Crippen molar-refractivity contribution in [2.45, 2.75) is 65.1 Å². The lowest BCUT2D eigenvalue weighted by molar-refractivity contribution is 0.205. The van der Waals surface area contributed by atoms with Gasteiger partial charge in [-0.05, 0) is 61.5 Å². The monoisotopic (exact) mass is 343 g/mol. The number of aliphatic hydroxyl groups excluding tert-OH is 1. The SMILES string of the molecule is CCc1nn(CC)c(CN2CCCC2CCCO)c1Br. The van der Waals surface area contributed by atoms with Gasteiger partial charge in [-0.2, -0.15) is 5.10 Å². The van der Waals surface area contributed by atoms with Crippen molar-refractivity contribution in [2.75, 3.05) is 13.2 Å². The van der Waals surface area contributed by atoms with Crippen LogP contribution in [0.1, 0.15) is 50.9 Å². The lowest BCUT2D eigenvalue weighted by Gasteiger charge is -2.24. The highest BCUT2D eigenvalue weighted by Crippen LogP contribution is 2.28.